The average Bonchev–Trinajstić information content (AvgIpc) is 2.38. The zero-order valence-corrected chi connectivity index (χ0v) is 14.6. The molecular formula is C15H12Br2ClFO. The second kappa shape index (κ2) is 6.92. The predicted octanol–water partition coefficient (Wildman–Crippen LogP) is 6.12. The van der Waals surface area contributed by atoms with E-state index < -0.39 is 0 Å². The SMILES string of the molecule is CCOc1ccc(C(Br)c2c(F)cccc2Cl)c(Br)c1. The van der Waals surface area contributed by atoms with Crippen LogP contribution in [0.2, 0.25) is 5.02 Å². The molecule has 0 radical (unpaired) electrons. The molecule has 0 N–H and O–H groups in total. The van der Waals surface area contributed by atoms with Gasteiger partial charge in [0.15, 0.2) is 0 Å². The Labute approximate surface area is 139 Å². The second-order valence-electron chi connectivity index (χ2n) is 4.11. The van der Waals surface area contributed by atoms with Gasteiger partial charge in [0.25, 0.3) is 0 Å². The first-order valence-electron chi connectivity index (χ1n) is 6.04. The molecule has 0 aliphatic heterocycles. The van der Waals surface area contributed by atoms with Crippen LogP contribution in [0.25, 0.3) is 0 Å². The van der Waals surface area contributed by atoms with Crippen LogP contribution in [0.5, 0.6) is 5.75 Å². The van der Waals surface area contributed by atoms with E-state index in [-0.39, 0.29) is 10.6 Å². The Morgan fingerprint density at radius 1 is 1.30 bits per heavy atom. The number of benzene rings is 2. The average molecular weight is 423 g/mol. The van der Waals surface area contributed by atoms with Crippen molar-refractivity contribution < 1.29 is 9.13 Å². The monoisotopic (exact) mass is 420 g/mol. The van der Waals surface area contributed by atoms with Gasteiger partial charge in [-0.15, -0.1) is 0 Å². The fraction of sp³-hybridized carbons (Fsp3) is 0.200. The summed E-state index contributed by atoms with van der Waals surface area (Å²) in [6.07, 6.45) is 0. The quantitative estimate of drug-likeness (QED) is 0.539. The van der Waals surface area contributed by atoms with E-state index in [1.54, 1.807) is 12.1 Å². The molecule has 106 valence electrons. The zero-order valence-electron chi connectivity index (χ0n) is 10.7. The molecule has 0 aromatic heterocycles. The molecule has 0 saturated heterocycles. The fourth-order valence-corrected chi connectivity index (χ4v) is 4.04. The van der Waals surface area contributed by atoms with E-state index in [9.17, 15) is 4.39 Å². The van der Waals surface area contributed by atoms with Gasteiger partial charge in [-0.1, -0.05) is 55.6 Å². The van der Waals surface area contributed by atoms with Gasteiger partial charge in [-0.2, -0.15) is 0 Å². The highest BCUT2D eigenvalue weighted by Gasteiger charge is 2.20. The maximum absolute atomic E-state index is 14.0. The van der Waals surface area contributed by atoms with Crippen molar-refractivity contribution in [2.24, 2.45) is 0 Å². The van der Waals surface area contributed by atoms with Crippen LogP contribution in [0.4, 0.5) is 4.39 Å². The highest BCUT2D eigenvalue weighted by Crippen LogP contribution is 2.40. The van der Waals surface area contributed by atoms with Crippen LogP contribution >= 0.6 is 43.5 Å². The van der Waals surface area contributed by atoms with Gasteiger partial charge in [-0.05, 0) is 36.8 Å². The van der Waals surface area contributed by atoms with Gasteiger partial charge in [0.05, 0.1) is 11.4 Å². The van der Waals surface area contributed by atoms with Crippen LogP contribution in [0, 0.1) is 5.82 Å². The van der Waals surface area contributed by atoms with E-state index in [2.05, 4.69) is 31.9 Å². The molecule has 0 spiro atoms. The summed E-state index contributed by atoms with van der Waals surface area (Å²) in [5.41, 5.74) is 1.32. The molecule has 0 amide bonds. The Morgan fingerprint density at radius 3 is 2.65 bits per heavy atom. The smallest absolute Gasteiger partial charge is 0.129 e. The Balaban J connectivity index is 2.41. The summed E-state index contributed by atoms with van der Waals surface area (Å²) in [5.74, 6) is 0.433. The number of alkyl halides is 1. The van der Waals surface area contributed by atoms with Crippen molar-refractivity contribution in [1.29, 1.82) is 0 Å². The fourth-order valence-electron chi connectivity index (χ4n) is 1.88. The van der Waals surface area contributed by atoms with Crippen molar-refractivity contribution in [2.75, 3.05) is 6.61 Å². The summed E-state index contributed by atoms with van der Waals surface area (Å²) in [5, 5.41) is 0.396. The van der Waals surface area contributed by atoms with E-state index in [0.717, 1.165) is 15.8 Å². The molecule has 1 nitrogen and oxygen atoms in total. The minimum atomic E-state index is -0.333. The van der Waals surface area contributed by atoms with Crippen LogP contribution in [0.1, 0.15) is 22.9 Å². The van der Waals surface area contributed by atoms with Gasteiger partial charge < -0.3 is 4.74 Å². The van der Waals surface area contributed by atoms with E-state index >= 15 is 0 Å². The lowest BCUT2D eigenvalue weighted by molar-refractivity contribution is 0.340. The van der Waals surface area contributed by atoms with Crippen molar-refractivity contribution in [3.8, 4) is 5.75 Å². The first kappa shape index (κ1) is 15.8. The maximum atomic E-state index is 14.0. The molecule has 0 aliphatic carbocycles. The Hall–Kier alpha value is -0.580. The van der Waals surface area contributed by atoms with Gasteiger partial charge in [-0.3, -0.25) is 0 Å². The number of hydrogen-bond acceptors (Lipinski definition) is 1. The summed E-state index contributed by atoms with van der Waals surface area (Å²) in [6, 6.07) is 10.3. The molecule has 2 rings (SSSR count). The lowest BCUT2D eigenvalue weighted by Crippen LogP contribution is -2.00. The topological polar surface area (TPSA) is 9.23 Å². The zero-order chi connectivity index (χ0) is 14.7. The number of rotatable bonds is 4. The van der Waals surface area contributed by atoms with Crippen molar-refractivity contribution in [2.45, 2.75) is 11.8 Å². The van der Waals surface area contributed by atoms with Crippen LogP contribution in [-0.2, 0) is 0 Å². The Bertz CT molecular complexity index is 599. The summed E-state index contributed by atoms with van der Waals surface area (Å²) < 4.78 is 20.2. The standard InChI is InChI=1S/C15H12Br2ClFO/c1-2-20-9-6-7-10(11(16)8-9)15(17)14-12(18)4-3-5-13(14)19/h3-8,15H,2H2,1H3. The molecule has 2 aromatic rings. The number of hydrogen-bond donors (Lipinski definition) is 0. The van der Waals surface area contributed by atoms with E-state index in [1.807, 2.05) is 25.1 Å². The second-order valence-corrected chi connectivity index (χ2v) is 6.29. The third-order valence-electron chi connectivity index (χ3n) is 2.81. The molecule has 0 aliphatic rings. The normalized spacial score (nSPS) is 12.2. The van der Waals surface area contributed by atoms with E-state index in [4.69, 9.17) is 16.3 Å². The summed E-state index contributed by atoms with van der Waals surface area (Å²) in [7, 11) is 0. The lowest BCUT2D eigenvalue weighted by atomic mass is 10.0. The molecule has 1 unspecified atom stereocenters. The molecule has 20 heavy (non-hydrogen) atoms. The highest BCUT2D eigenvalue weighted by molar-refractivity contribution is 9.11. The van der Waals surface area contributed by atoms with Crippen LogP contribution in [-0.4, -0.2) is 6.61 Å². The third-order valence-corrected chi connectivity index (χ3v) is 4.78. The summed E-state index contributed by atoms with van der Waals surface area (Å²) in [4.78, 5) is -0.332. The lowest BCUT2D eigenvalue weighted by Gasteiger charge is -2.16. The van der Waals surface area contributed by atoms with Crippen molar-refractivity contribution in [1.82, 2.24) is 0 Å². The minimum Gasteiger partial charge on any atom is -0.494 e. The van der Waals surface area contributed by atoms with E-state index in [1.165, 1.54) is 6.07 Å². The van der Waals surface area contributed by atoms with Gasteiger partial charge in [0, 0.05) is 15.1 Å². The first-order valence-corrected chi connectivity index (χ1v) is 8.13. The third kappa shape index (κ3) is 3.35. The minimum absolute atomic E-state index is 0.332. The molecular weight excluding hydrogens is 410 g/mol. The van der Waals surface area contributed by atoms with Crippen LogP contribution in [0.3, 0.4) is 0 Å². The van der Waals surface area contributed by atoms with Crippen LogP contribution in [0.15, 0.2) is 40.9 Å². The summed E-state index contributed by atoms with van der Waals surface area (Å²) >= 11 is 13.1. The molecule has 1 atom stereocenters. The van der Waals surface area contributed by atoms with Gasteiger partial charge in [0.1, 0.15) is 11.6 Å². The van der Waals surface area contributed by atoms with Crippen molar-refractivity contribution >= 4 is 43.5 Å². The molecule has 2 aromatic carbocycles. The first-order chi connectivity index (χ1) is 9.54. The van der Waals surface area contributed by atoms with Gasteiger partial charge in [-0.25, -0.2) is 4.39 Å². The maximum Gasteiger partial charge on any atom is 0.129 e. The Morgan fingerprint density at radius 2 is 2.05 bits per heavy atom. The molecule has 5 heteroatoms. The van der Waals surface area contributed by atoms with Crippen molar-refractivity contribution in [3.05, 3.63) is 62.8 Å². The Kier molecular flexibility index (Phi) is 5.47. The largest absolute Gasteiger partial charge is 0.494 e. The molecule has 0 fully saturated rings. The molecule has 0 saturated carbocycles. The summed E-state index contributed by atoms with van der Waals surface area (Å²) in [6.45, 7) is 2.52. The predicted molar refractivity (Wildman–Crippen MR) is 87.5 cm³/mol. The number of ether oxygens (including phenoxy) is 1. The molecule has 0 bridgehead atoms. The van der Waals surface area contributed by atoms with Crippen molar-refractivity contribution in [3.63, 3.8) is 0 Å². The molecule has 0 heterocycles. The van der Waals surface area contributed by atoms with Gasteiger partial charge in [0.2, 0.25) is 0 Å². The number of halogens is 4. The van der Waals surface area contributed by atoms with Crippen LogP contribution < -0.4 is 4.74 Å². The highest BCUT2D eigenvalue weighted by atomic mass is 79.9. The van der Waals surface area contributed by atoms with Gasteiger partial charge >= 0.3 is 0 Å². The van der Waals surface area contributed by atoms with E-state index in [0.29, 0.717) is 17.2 Å².